The summed E-state index contributed by atoms with van der Waals surface area (Å²) >= 11 is 0. The molecule has 0 radical (unpaired) electrons. The molecule has 0 aliphatic rings. The number of nitrogens with one attached hydrogen (secondary N) is 1. The molecule has 0 amide bonds. The Morgan fingerprint density at radius 3 is 2.69 bits per heavy atom. The summed E-state index contributed by atoms with van der Waals surface area (Å²) in [6, 6.07) is 0.264. The molecule has 0 saturated heterocycles. The average molecular weight is 231 g/mol. The summed E-state index contributed by atoms with van der Waals surface area (Å²) in [4.78, 5) is 0. The van der Waals surface area contributed by atoms with Crippen molar-refractivity contribution in [3.63, 3.8) is 0 Å². The maximum Gasteiger partial charge on any atom is 0.140 e. The zero-order chi connectivity index (χ0) is 12.4. The highest BCUT2D eigenvalue weighted by Gasteiger charge is 2.08. The Labute approximate surface area is 97.7 Å². The highest BCUT2D eigenvalue weighted by Crippen LogP contribution is 2.04. The molecule has 5 heteroatoms. The molecule has 0 aromatic heterocycles. The standard InChI is InChI=1S/C11H25N3O2/c1-3-10(7-11(12)14-16)13-6-4-5-9(2)8-15/h9-10,13,15-16H,3-8H2,1-2H3,(H2,12,14). The summed E-state index contributed by atoms with van der Waals surface area (Å²) in [6.07, 6.45) is 3.58. The van der Waals surface area contributed by atoms with E-state index in [2.05, 4.69) is 17.4 Å². The Morgan fingerprint density at radius 1 is 1.50 bits per heavy atom. The third-order valence-corrected chi connectivity index (χ3v) is 2.70. The van der Waals surface area contributed by atoms with Crippen molar-refractivity contribution in [2.45, 2.75) is 45.6 Å². The molecule has 2 unspecified atom stereocenters. The number of amidine groups is 1. The molecule has 5 nitrogen and oxygen atoms in total. The Bertz CT molecular complexity index is 198. The van der Waals surface area contributed by atoms with Gasteiger partial charge in [0.1, 0.15) is 5.84 Å². The lowest BCUT2D eigenvalue weighted by Crippen LogP contribution is -2.34. The topological polar surface area (TPSA) is 90.9 Å². The molecule has 0 aromatic rings. The van der Waals surface area contributed by atoms with Crippen molar-refractivity contribution in [1.82, 2.24) is 5.32 Å². The molecule has 0 fully saturated rings. The normalized spacial score (nSPS) is 16.1. The van der Waals surface area contributed by atoms with E-state index in [0.717, 1.165) is 25.8 Å². The smallest absolute Gasteiger partial charge is 0.140 e. The minimum absolute atomic E-state index is 0.251. The fraction of sp³-hybridized carbons (Fsp3) is 0.909. The molecule has 96 valence electrons. The second kappa shape index (κ2) is 9.42. The van der Waals surface area contributed by atoms with Crippen LogP contribution in [0.2, 0.25) is 0 Å². The van der Waals surface area contributed by atoms with Gasteiger partial charge in [-0.3, -0.25) is 0 Å². The van der Waals surface area contributed by atoms with Crippen LogP contribution in [0.15, 0.2) is 5.16 Å². The van der Waals surface area contributed by atoms with Gasteiger partial charge in [-0.15, -0.1) is 0 Å². The van der Waals surface area contributed by atoms with Gasteiger partial charge in [0, 0.05) is 19.1 Å². The SMILES string of the molecule is CCC(CC(N)=NO)NCCCC(C)CO. The first-order chi connectivity index (χ1) is 7.63. The van der Waals surface area contributed by atoms with Crippen LogP contribution in [-0.2, 0) is 0 Å². The molecular weight excluding hydrogens is 206 g/mol. The van der Waals surface area contributed by atoms with E-state index < -0.39 is 0 Å². The highest BCUT2D eigenvalue weighted by atomic mass is 16.4. The molecule has 5 N–H and O–H groups in total. The van der Waals surface area contributed by atoms with Crippen molar-refractivity contribution in [2.24, 2.45) is 16.8 Å². The van der Waals surface area contributed by atoms with Crippen LogP contribution in [0.1, 0.15) is 39.5 Å². The van der Waals surface area contributed by atoms with E-state index in [1.54, 1.807) is 0 Å². The monoisotopic (exact) mass is 231 g/mol. The van der Waals surface area contributed by atoms with Gasteiger partial charge in [0.05, 0.1) is 0 Å². The summed E-state index contributed by atoms with van der Waals surface area (Å²) in [5.74, 6) is 0.633. The maximum atomic E-state index is 8.86. The summed E-state index contributed by atoms with van der Waals surface area (Å²) in [7, 11) is 0. The van der Waals surface area contributed by atoms with E-state index in [0.29, 0.717) is 12.3 Å². The number of oxime groups is 1. The van der Waals surface area contributed by atoms with Gasteiger partial charge in [0.2, 0.25) is 0 Å². The van der Waals surface area contributed by atoms with Crippen LogP contribution in [0, 0.1) is 5.92 Å². The quantitative estimate of drug-likeness (QED) is 0.156. The Kier molecular flexibility index (Phi) is 8.94. The third kappa shape index (κ3) is 7.48. The van der Waals surface area contributed by atoms with E-state index in [1.807, 2.05) is 6.92 Å². The number of hydrogen-bond donors (Lipinski definition) is 4. The van der Waals surface area contributed by atoms with E-state index in [4.69, 9.17) is 16.0 Å². The number of rotatable bonds is 9. The van der Waals surface area contributed by atoms with E-state index in [9.17, 15) is 0 Å². The molecule has 0 heterocycles. The largest absolute Gasteiger partial charge is 0.409 e. The van der Waals surface area contributed by atoms with Gasteiger partial charge >= 0.3 is 0 Å². The summed E-state index contributed by atoms with van der Waals surface area (Å²) in [5.41, 5.74) is 5.45. The van der Waals surface area contributed by atoms with Gasteiger partial charge < -0.3 is 21.4 Å². The van der Waals surface area contributed by atoms with E-state index in [1.165, 1.54) is 0 Å². The van der Waals surface area contributed by atoms with Gasteiger partial charge in [0.25, 0.3) is 0 Å². The molecular formula is C11H25N3O2. The fourth-order valence-electron chi connectivity index (χ4n) is 1.50. The van der Waals surface area contributed by atoms with Gasteiger partial charge in [-0.1, -0.05) is 19.0 Å². The summed E-state index contributed by atoms with van der Waals surface area (Å²) in [6.45, 7) is 5.26. The lowest BCUT2D eigenvalue weighted by molar-refractivity contribution is 0.227. The van der Waals surface area contributed by atoms with E-state index in [-0.39, 0.29) is 18.5 Å². The second-order valence-corrected chi connectivity index (χ2v) is 4.28. The van der Waals surface area contributed by atoms with Gasteiger partial charge in [-0.2, -0.15) is 0 Å². The van der Waals surface area contributed by atoms with Crippen molar-refractivity contribution < 1.29 is 10.3 Å². The van der Waals surface area contributed by atoms with Crippen LogP contribution in [-0.4, -0.2) is 35.3 Å². The Hall–Kier alpha value is -0.810. The Balaban J connectivity index is 3.63. The average Bonchev–Trinajstić information content (AvgIpc) is 2.32. The molecule has 0 spiro atoms. The molecule has 0 aliphatic carbocycles. The van der Waals surface area contributed by atoms with Crippen molar-refractivity contribution in [1.29, 1.82) is 0 Å². The van der Waals surface area contributed by atoms with Crippen LogP contribution in [0.5, 0.6) is 0 Å². The third-order valence-electron chi connectivity index (χ3n) is 2.70. The molecule has 0 aliphatic heterocycles. The fourth-order valence-corrected chi connectivity index (χ4v) is 1.50. The second-order valence-electron chi connectivity index (χ2n) is 4.28. The van der Waals surface area contributed by atoms with Crippen molar-refractivity contribution in [2.75, 3.05) is 13.2 Å². The minimum Gasteiger partial charge on any atom is -0.409 e. The minimum atomic E-state index is 0.251. The van der Waals surface area contributed by atoms with E-state index >= 15 is 0 Å². The zero-order valence-electron chi connectivity index (χ0n) is 10.3. The van der Waals surface area contributed by atoms with Gasteiger partial charge in [0.15, 0.2) is 0 Å². The number of nitrogens with two attached hydrogens (primary N) is 1. The number of aliphatic hydroxyl groups excluding tert-OH is 1. The molecule has 2 atom stereocenters. The maximum absolute atomic E-state index is 8.86. The molecule has 0 bridgehead atoms. The van der Waals surface area contributed by atoms with Crippen LogP contribution in [0.3, 0.4) is 0 Å². The van der Waals surface area contributed by atoms with Crippen LogP contribution in [0.25, 0.3) is 0 Å². The first kappa shape index (κ1) is 15.2. The lowest BCUT2D eigenvalue weighted by Gasteiger charge is -2.16. The molecule has 0 rings (SSSR count). The van der Waals surface area contributed by atoms with Crippen molar-refractivity contribution in [3.8, 4) is 0 Å². The first-order valence-electron chi connectivity index (χ1n) is 5.94. The molecule has 0 aromatic carbocycles. The summed E-state index contributed by atoms with van der Waals surface area (Å²) in [5, 5.41) is 23.7. The molecule has 16 heavy (non-hydrogen) atoms. The Morgan fingerprint density at radius 2 is 2.19 bits per heavy atom. The lowest BCUT2D eigenvalue weighted by atomic mass is 10.1. The van der Waals surface area contributed by atoms with Gasteiger partial charge in [-0.05, 0) is 31.7 Å². The number of nitrogens with zero attached hydrogens (tertiary/aromatic N) is 1. The van der Waals surface area contributed by atoms with Crippen LogP contribution in [0.4, 0.5) is 0 Å². The number of aliphatic hydroxyl groups is 1. The number of hydrogen-bond acceptors (Lipinski definition) is 4. The van der Waals surface area contributed by atoms with Crippen LogP contribution < -0.4 is 11.1 Å². The summed E-state index contributed by atoms with van der Waals surface area (Å²) < 4.78 is 0. The predicted molar refractivity (Wildman–Crippen MR) is 65.6 cm³/mol. The van der Waals surface area contributed by atoms with Crippen molar-refractivity contribution in [3.05, 3.63) is 0 Å². The molecule has 0 saturated carbocycles. The first-order valence-corrected chi connectivity index (χ1v) is 5.94. The van der Waals surface area contributed by atoms with Gasteiger partial charge in [-0.25, -0.2) is 0 Å². The van der Waals surface area contributed by atoms with Crippen LogP contribution >= 0.6 is 0 Å². The highest BCUT2D eigenvalue weighted by molar-refractivity contribution is 5.80. The van der Waals surface area contributed by atoms with Crippen molar-refractivity contribution >= 4 is 5.84 Å². The predicted octanol–water partition coefficient (Wildman–Crippen LogP) is 0.900. The zero-order valence-corrected chi connectivity index (χ0v) is 10.3.